The van der Waals surface area contributed by atoms with Crippen LogP contribution in [0.25, 0.3) is 4.96 Å². The van der Waals surface area contributed by atoms with Crippen LogP contribution in [0.2, 0.25) is 0 Å². The maximum absolute atomic E-state index is 11.2. The van der Waals surface area contributed by atoms with Gasteiger partial charge in [-0.2, -0.15) is 0 Å². The summed E-state index contributed by atoms with van der Waals surface area (Å²) in [7, 11) is 1.99. The van der Waals surface area contributed by atoms with Crippen LogP contribution >= 0.6 is 11.3 Å². The topological polar surface area (TPSA) is 37.6 Å². The zero-order valence-corrected chi connectivity index (χ0v) is 11.2. The van der Waals surface area contributed by atoms with Gasteiger partial charge in [0.05, 0.1) is 0 Å². The van der Waals surface area contributed by atoms with Gasteiger partial charge in [-0.05, 0) is 5.92 Å². The SMILES string of the molecule is CCC(C)CN(C)c1nc2sccn2c1C=O. The van der Waals surface area contributed by atoms with Crippen molar-refractivity contribution in [2.45, 2.75) is 20.3 Å². The number of rotatable bonds is 5. The lowest BCUT2D eigenvalue weighted by atomic mass is 10.1. The van der Waals surface area contributed by atoms with Gasteiger partial charge in [0.1, 0.15) is 5.69 Å². The van der Waals surface area contributed by atoms with E-state index in [1.807, 2.05) is 23.0 Å². The summed E-state index contributed by atoms with van der Waals surface area (Å²) in [6, 6.07) is 0. The van der Waals surface area contributed by atoms with Crippen molar-refractivity contribution < 1.29 is 4.79 Å². The van der Waals surface area contributed by atoms with Crippen LogP contribution < -0.4 is 4.90 Å². The molecule has 0 aliphatic heterocycles. The number of hydrogen-bond acceptors (Lipinski definition) is 4. The number of hydrogen-bond donors (Lipinski definition) is 0. The second-order valence-electron chi connectivity index (χ2n) is 4.39. The minimum atomic E-state index is 0.597. The highest BCUT2D eigenvalue weighted by Crippen LogP contribution is 2.23. The number of imidazole rings is 1. The fraction of sp³-hybridized carbons (Fsp3) is 0.500. The second kappa shape index (κ2) is 4.87. The van der Waals surface area contributed by atoms with Crippen LogP contribution in [0.15, 0.2) is 11.6 Å². The Bertz CT molecular complexity index is 517. The van der Waals surface area contributed by atoms with Gasteiger partial charge in [-0.3, -0.25) is 9.20 Å². The molecule has 1 unspecified atom stereocenters. The second-order valence-corrected chi connectivity index (χ2v) is 5.26. The van der Waals surface area contributed by atoms with Gasteiger partial charge in [0.15, 0.2) is 17.1 Å². The molecule has 0 radical (unpaired) electrons. The molecule has 2 aromatic heterocycles. The first kappa shape index (κ1) is 12.1. The van der Waals surface area contributed by atoms with Crippen molar-refractivity contribution >= 4 is 28.4 Å². The predicted octanol–water partition coefficient (Wildman–Crippen LogP) is 2.69. The fourth-order valence-corrected chi connectivity index (χ4v) is 2.58. The Morgan fingerprint density at radius 3 is 3.06 bits per heavy atom. The fourth-order valence-electron chi connectivity index (χ4n) is 1.87. The Balaban J connectivity index is 2.33. The van der Waals surface area contributed by atoms with E-state index in [9.17, 15) is 4.79 Å². The van der Waals surface area contributed by atoms with Gasteiger partial charge in [0.25, 0.3) is 0 Å². The number of carbonyl (C=O) groups excluding carboxylic acids is 1. The normalized spacial score (nSPS) is 12.9. The lowest BCUT2D eigenvalue weighted by Crippen LogP contribution is -2.25. The number of aromatic nitrogens is 2. The standard InChI is InChI=1S/C12H17N3OS/c1-4-9(2)7-14(3)11-10(8-16)15-5-6-17-12(15)13-11/h5-6,8-9H,4,7H2,1-3H3. The molecule has 4 nitrogen and oxygen atoms in total. The number of fused-ring (bicyclic) bond motifs is 1. The van der Waals surface area contributed by atoms with Crippen molar-refractivity contribution in [3.05, 3.63) is 17.3 Å². The first-order valence-electron chi connectivity index (χ1n) is 5.79. The molecule has 0 aliphatic carbocycles. The van der Waals surface area contributed by atoms with Crippen LogP contribution in [0.4, 0.5) is 5.82 Å². The zero-order chi connectivity index (χ0) is 12.4. The summed E-state index contributed by atoms with van der Waals surface area (Å²) >= 11 is 1.55. The number of anilines is 1. The average molecular weight is 251 g/mol. The summed E-state index contributed by atoms with van der Waals surface area (Å²) < 4.78 is 1.85. The van der Waals surface area contributed by atoms with E-state index in [1.165, 1.54) is 0 Å². The Hall–Kier alpha value is -1.36. The average Bonchev–Trinajstić information content (AvgIpc) is 2.87. The summed E-state index contributed by atoms with van der Waals surface area (Å²) in [6.45, 7) is 5.29. The van der Waals surface area contributed by atoms with Crippen molar-refractivity contribution in [2.75, 3.05) is 18.5 Å². The van der Waals surface area contributed by atoms with E-state index in [1.54, 1.807) is 11.3 Å². The Morgan fingerprint density at radius 2 is 2.41 bits per heavy atom. The molecule has 1 atom stereocenters. The number of nitrogens with zero attached hydrogens (tertiary/aromatic N) is 3. The van der Waals surface area contributed by atoms with E-state index in [0.717, 1.165) is 30.0 Å². The molecule has 0 spiro atoms. The molecule has 0 aliphatic rings. The molecule has 0 bridgehead atoms. The van der Waals surface area contributed by atoms with Gasteiger partial charge < -0.3 is 4.90 Å². The highest BCUT2D eigenvalue weighted by molar-refractivity contribution is 7.15. The molecule has 0 saturated carbocycles. The molecule has 0 aromatic carbocycles. The van der Waals surface area contributed by atoms with Crippen molar-refractivity contribution in [1.82, 2.24) is 9.38 Å². The van der Waals surface area contributed by atoms with Crippen molar-refractivity contribution in [1.29, 1.82) is 0 Å². The van der Waals surface area contributed by atoms with Gasteiger partial charge in [-0.1, -0.05) is 20.3 Å². The van der Waals surface area contributed by atoms with Crippen LogP contribution in [0.3, 0.4) is 0 Å². The van der Waals surface area contributed by atoms with Crippen LogP contribution in [-0.2, 0) is 0 Å². The minimum Gasteiger partial charge on any atom is -0.357 e. The smallest absolute Gasteiger partial charge is 0.196 e. The number of carbonyl (C=O) groups is 1. The van der Waals surface area contributed by atoms with E-state index in [4.69, 9.17) is 0 Å². The van der Waals surface area contributed by atoms with Crippen molar-refractivity contribution in [2.24, 2.45) is 5.92 Å². The molecule has 2 heterocycles. The molecule has 92 valence electrons. The van der Waals surface area contributed by atoms with E-state index in [-0.39, 0.29) is 0 Å². The summed E-state index contributed by atoms with van der Waals surface area (Å²) in [5, 5.41) is 1.94. The molecule has 17 heavy (non-hydrogen) atoms. The van der Waals surface area contributed by atoms with Gasteiger partial charge >= 0.3 is 0 Å². The van der Waals surface area contributed by atoms with Gasteiger partial charge in [0, 0.05) is 25.2 Å². The third-order valence-corrected chi connectivity index (χ3v) is 3.79. The first-order chi connectivity index (χ1) is 8.17. The van der Waals surface area contributed by atoms with Gasteiger partial charge in [-0.25, -0.2) is 4.98 Å². The monoisotopic (exact) mass is 251 g/mol. The predicted molar refractivity (Wildman–Crippen MR) is 71.2 cm³/mol. The van der Waals surface area contributed by atoms with Gasteiger partial charge in [-0.15, -0.1) is 11.3 Å². The Morgan fingerprint density at radius 1 is 1.65 bits per heavy atom. The quantitative estimate of drug-likeness (QED) is 0.767. The molecule has 0 amide bonds. The summed E-state index contributed by atoms with van der Waals surface area (Å²) in [5.74, 6) is 1.38. The highest BCUT2D eigenvalue weighted by Gasteiger charge is 2.16. The van der Waals surface area contributed by atoms with E-state index < -0.39 is 0 Å². The molecule has 0 saturated heterocycles. The minimum absolute atomic E-state index is 0.597. The first-order valence-corrected chi connectivity index (χ1v) is 6.67. The van der Waals surface area contributed by atoms with Crippen molar-refractivity contribution in [3.63, 3.8) is 0 Å². The largest absolute Gasteiger partial charge is 0.357 e. The third kappa shape index (κ3) is 2.20. The van der Waals surface area contributed by atoms with E-state index in [2.05, 4.69) is 23.7 Å². The molecular weight excluding hydrogens is 234 g/mol. The molecule has 2 aromatic rings. The van der Waals surface area contributed by atoms with Crippen LogP contribution in [-0.4, -0.2) is 29.3 Å². The third-order valence-electron chi connectivity index (χ3n) is 3.04. The maximum Gasteiger partial charge on any atom is 0.196 e. The zero-order valence-electron chi connectivity index (χ0n) is 10.4. The Kier molecular flexibility index (Phi) is 3.47. The van der Waals surface area contributed by atoms with Crippen molar-refractivity contribution in [3.8, 4) is 0 Å². The maximum atomic E-state index is 11.2. The van der Waals surface area contributed by atoms with Crippen LogP contribution in [0, 0.1) is 5.92 Å². The van der Waals surface area contributed by atoms with Gasteiger partial charge in [0.2, 0.25) is 0 Å². The van der Waals surface area contributed by atoms with Crippen LogP contribution in [0.1, 0.15) is 30.8 Å². The number of aldehydes is 1. The summed E-state index contributed by atoms with van der Waals surface area (Å²) in [6.07, 6.45) is 3.90. The molecule has 2 rings (SSSR count). The molecule has 0 N–H and O–H groups in total. The number of thiazole rings is 1. The summed E-state index contributed by atoms with van der Waals surface area (Å²) in [5.41, 5.74) is 0.645. The summed E-state index contributed by atoms with van der Waals surface area (Å²) in [4.78, 5) is 18.6. The lowest BCUT2D eigenvalue weighted by molar-refractivity contribution is 0.111. The lowest BCUT2D eigenvalue weighted by Gasteiger charge is -2.20. The molecular formula is C12H17N3OS. The van der Waals surface area contributed by atoms with E-state index >= 15 is 0 Å². The van der Waals surface area contributed by atoms with E-state index in [0.29, 0.717) is 11.6 Å². The van der Waals surface area contributed by atoms with Crippen LogP contribution in [0.5, 0.6) is 0 Å². The molecule has 0 fully saturated rings. The highest BCUT2D eigenvalue weighted by atomic mass is 32.1. The molecule has 5 heteroatoms. The Labute approximate surface area is 105 Å².